The number of hydrogen-bond acceptors (Lipinski definition) is 4. The first-order valence-corrected chi connectivity index (χ1v) is 6.82. The van der Waals surface area contributed by atoms with Gasteiger partial charge in [0.15, 0.2) is 5.69 Å². The average molecular weight is 271 g/mol. The van der Waals surface area contributed by atoms with E-state index in [0.29, 0.717) is 5.69 Å². The van der Waals surface area contributed by atoms with Gasteiger partial charge in [-0.05, 0) is 38.1 Å². The fraction of sp³-hybridized carbons (Fsp3) is 0.357. The van der Waals surface area contributed by atoms with Crippen LogP contribution in [0.15, 0.2) is 36.5 Å². The number of rotatable bonds is 3. The van der Waals surface area contributed by atoms with Crippen LogP contribution >= 0.6 is 0 Å². The van der Waals surface area contributed by atoms with Crippen LogP contribution in [0.2, 0.25) is 0 Å². The van der Waals surface area contributed by atoms with Crippen molar-refractivity contribution in [1.82, 2.24) is 25.6 Å². The molecule has 0 aliphatic carbocycles. The minimum absolute atomic E-state index is 0.154. The molecule has 3 rings (SSSR count). The number of hydrogen-bond donors (Lipinski definition) is 2. The zero-order valence-electron chi connectivity index (χ0n) is 11.1. The Morgan fingerprint density at radius 1 is 1.25 bits per heavy atom. The number of para-hydroxylation sites is 1. The first-order chi connectivity index (χ1) is 9.83. The summed E-state index contributed by atoms with van der Waals surface area (Å²) in [7, 11) is 0. The van der Waals surface area contributed by atoms with Crippen molar-refractivity contribution in [3.63, 3.8) is 0 Å². The van der Waals surface area contributed by atoms with Crippen molar-refractivity contribution >= 4 is 5.91 Å². The minimum Gasteiger partial charge on any atom is -0.348 e. The van der Waals surface area contributed by atoms with Gasteiger partial charge in [-0.25, -0.2) is 4.68 Å². The van der Waals surface area contributed by atoms with E-state index in [9.17, 15) is 4.79 Å². The predicted octanol–water partition coefficient (Wildman–Crippen LogP) is 0.749. The monoisotopic (exact) mass is 271 g/mol. The molecule has 0 spiro atoms. The smallest absolute Gasteiger partial charge is 0.273 e. The van der Waals surface area contributed by atoms with Crippen molar-refractivity contribution in [3.05, 3.63) is 42.2 Å². The second-order valence-corrected chi connectivity index (χ2v) is 4.88. The molecule has 1 aromatic carbocycles. The standard InChI is InChI=1S/C14H17N5O/c20-14(16-11-6-8-15-9-7-11)13-10-19(18-17-13)12-4-2-1-3-5-12/h1-5,10-11,15H,6-9H2,(H,16,20). The van der Waals surface area contributed by atoms with Crippen LogP contribution in [0.5, 0.6) is 0 Å². The number of piperidine rings is 1. The highest BCUT2D eigenvalue weighted by atomic mass is 16.2. The van der Waals surface area contributed by atoms with Crippen LogP contribution in [0.1, 0.15) is 23.3 Å². The Morgan fingerprint density at radius 3 is 2.75 bits per heavy atom. The lowest BCUT2D eigenvalue weighted by molar-refractivity contribution is 0.0924. The Balaban J connectivity index is 1.68. The Hall–Kier alpha value is -2.21. The maximum atomic E-state index is 12.1. The molecule has 1 saturated heterocycles. The summed E-state index contributed by atoms with van der Waals surface area (Å²) in [5.74, 6) is -0.154. The highest BCUT2D eigenvalue weighted by Gasteiger charge is 2.18. The van der Waals surface area contributed by atoms with E-state index < -0.39 is 0 Å². The lowest BCUT2D eigenvalue weighted by Gasteiger charge is -2.23. The summed E-state index contributed by atoms with van der Waals surface area (Å²) in [5.41, 5.74) is 1.24. The van der Waals surface area contributed by atoms with Crippen LogP contribution in [0.25, 0.3) is 5.69 Å². The SMILES string of the molecule is O=C(NC1CCNCC1)c1cn(-c2ccccc2)nn1. The molecule has 0 radical (unpaired) electrons. The van der Waals surface area contributed by atoms with Gasteiger partial charge in [-0.15, -0.1) is 5.10 Å². The van der Waals surface area contributed by atoms with Crippen LogP contribution in [-0.4, -0.2) is 40.0 Å². The number of amides is 1. The van der Waals surface area contributed by atoms with E-state index >= 15 is 0 Å². The van der Waals surface area contributed by atoms with Crippen LogP contribution in [0.3, 0.4) is 0 Å². The van der Waals surface area contributed by atoms with E-state index in [1.807, 2.05) is 30.3 Å². The molecule has 0 bridgehead atoms. The number of carbonyl (C=O) groups is 1. The van der Waals surface area contributed by atoms with Gasteiger partial charge in [-0.1, -0.05) is 23.4 Å². The van der Waals surface area contributed by atoms with Gasteiger partial charge in [-0.2, -0.15) is 0 Å². The maximum Gasteiger partial charge on any atom is 0.273 e. The molecule has 6 nitrogen and oxygen atoms in total. The summed E-state index contributed by atoms with van der Waals surface area (Å²) in [6.45, 7) is 1.89. The second-order valence-electron chi connectivity index (χ2n) is 4.88. The van der Waals surface area contributed by atoms with E-state index in [4.69, 9.17) is 0 Å². The number of aromatic nitrogens is 3. The molecule has 104 valence electrons. The molecule has 2 aromatic rings. The molecule has 6 heteroatoms. The third kappa shape index (κ3) is 2.85. The lowest BCUT2D eigenvalue weighted by Crippen LogP contribution is -2.42. The Labute approximate surface area is 117 Å². The Bertz CT molecular complexity index is 574. The molecule has 1 aromatic heterocycles. The number of nitrogens with one attached hydrogen (secondary N) is 2. The first kappa shape index (κ1) is 12.8. The molecule has 2 N–H and O–H groups in total. The molecule has 0 saturated carbocycles. The van der Waals surface area contributed by atoms with Gasteiger partial charge in [0, 0.05) is 6.04 Å². The topological polar surface area (TPSA) is 71.8 Å². The van der Waals surface area contributed by atoms with Crippen molar-refractivity contribution in [2.45, 2.75) is 18.9 Å². The average Bonchev–Trinajstić information content (AvgIpc) is 2.99. The Morgan fingerprint density at radius 2 is 2.00 bits per heavy atom. The van der Waals surface area contributed by atoms with Gasteiger partial charge < -0.3 is 10.6 Å². The van der Waals surface area contributed by atoms with E-state index in [1.54, 1.807) is 10.9 Å². The largest absolute Gasteiger partial charge is 0.348 e. The van der Waals surface area contributed by atoms with Gasteiger partial charge in [0.25, 0.3) is 5.91 Å². The van der Waals surface area contributed by atoms with Crippen molar-refractivity contribution < 1.29 is 4.79 Å². The summed E-state index contributed by atoms with van der Waals surface area (Å²) >= 11 is 0. The highest BCUT2D eigenvalue weighted by Crippen LogP contribution is 2.07. The third-order valence-electron chi connectivity index (χ3n) is 3.42. The molecule has 20 heavy (non-hydrogen) atoms. The van der Waals surface area contributed by atoms with Crippen molar-refractivity contribution in [2.75, 3.05) is 13.1 Å². The summed E-state index contributed by atoms with van der Waals surface area (Å²) in [6.07, 6.45) is 3.57. The molecule has 1 aliphatic heterocycles. The molecule has 2 heterocycles. The van der Waals surface area contributed by atoms with Crippen molar-refractivity contribution in [2.24, 2.45) is 0 Å². The molecule has 1 fully saturated rings. The normalized spacial score (nSPS) is 16.0. The zero-order valence-corrected chi connectivity index (χ0v) is 11.1. The second kappa shape index (κ2) is 5.83. The summed E-state index contributed by atoms with van der Waals surface area (Å²) in [6, 6.07) is 9.85. The highest BCUT2D eigenvalue weighted by molar-refractivity contribution is 5.92. The van der Waals surface area contributed by atoms with Gasteiger partial charge in [0.05, 0.1) is 11.9 Å². The van der Waals surface area contributed by atoms with Crippen molar-refractivity contribution in [3.8, 4) is 5.69 Å². The van der Waals surface area contributed by atoms with Crippen LogP contribution < -0.4 is 10.6 Å². The number of carbonyl (C=O) groups excluding carboxylic acids is 1. The van der Waals surface area contributed by atoms with Gasteiger partial charge in [0.2, 0.25) is 0 Å². The fourth-order valence-corrected chi connectivity index (χ4v) is 2.30. The third-order valence-corrected chi connectivity index (χ3v) is 3.42. The number of nitrogens with zero attached hydrogens (tertiary/aromatic N) is 3. The van der Waals surface area contributed by atoms with Gasteiger partial charge in [0.1, 0.15) is 0 Å². The molecule has 0 atom stereocenters. The summed E-state index contributed by atoms with van der Waals surface area (Å²) < 4.78 is 1.61. The fourth-order valence-electron chi connectivity index (χ4n) is 2.30. The molecular formula is C14H17N5O. The first-order valence-electron chi connectivity index (χ1n) is 6.82. The van der Waals surface area contributed by atoms with Crippen LogP contribution in [0.4, 0.5) is 0 Å². The van der Waals surface area contributed by atoms with Crippen molar-refractivity contribution in [1.29, 1.82) is 0 Å². The van der Waals surface area contributed by atoms with E-state index in [2.05, 4.69) is 20.9 Å². The molecule has 0 unspecified atom stereocenters. The zero-order chi connectivity index (χ0) is 13.8. The Kier molecular flexibility index (Phi) is 3.73. The molecule has 1 aliphatic rings. The quantitative estimate of drug-likeness (QED) is 0.864. The van der Waals surface area contributed by atoms with Gasteiger partial charge in [-0.3, -0.25) is 4.79 Å². The van der Waals surface area contributed by atoms with Gasteiger partial charge >= 0.3 is 0 Å². The molecular weight excluding hydrogens is 254 g/mol. The molecule has 1 amide bonds. The van der Waals surface area contributed by atoms with E-state index in [0.717, 1.165) is 31.6 Å². The number of benzene rings is 1. The predicted molar refractivity (Wildman–Crippen MR) is 74.7 cm³/mol. The summed E-state index contributed by atoms with van der Waals surface area (Å²) in [5, 5.41) is 14.2. The van der Waals surface area contributed by atoms with E-state index in [-0.39, 0.29) is 11.9 Å². The maximum absolute atomic E-state index is 12.1. The van der Waals surface area contributed by atoms with Crippen LogP contribution in [-0.2, 0) is 0 Å². The summed E-state index contributed by atoms with van der Waals surface area (Å²) in [4.78, 5) is 12.1. The van der Waals surface area contributed by atoms with E-state index in [1.165, 1.54) is 0 Å². The van der Waals surface area contributed by atoms with Crippen LogP contribution in [0, 0.1) is 0 Å². The minimum atomic E-state index is -0.154. The lowest BCUT2D eigenvalue weighted by atomic mass is 10.1.